The summed E-state index contributed by atoms with van der Waals surface area (Å²) in [5.74, 6) is 1.13. The lowest BCUT2D eigenvalue weighted by Crippen LogP contribution is -2.26. The van der Waals surface area contributed by atoms with Crippen LogP contribution in [0.25, 0.3) is 10.7 Å². The Kier molecular flexibility index (Phi) is 3.48. The molecule has 2 heterocycles. The van der Waals surface area contributed by atoms with E-state index in [1.165, 1.54) is 24.1 Å². The first-order chi connectivity index (χ1) is 8.88. The molecule has 1 saturated carbocycles. The number of thiophene rings is 1. The van der Waals surface area contributed by atoms with E-state index in [4.69, 9.17) is 0 Å². The topological polar surface area (TPSA) is 29.9 Å². The fourth-order valence-electron chi connectivity index (χ4n) is 2.89. The zero-order valence-corrected chi connectivity index (χ0v) is 11.5. The average molecular weight is 261 g/mol. The summed E-state index contributed by atoms with van der Waals surface area (Å²) in [7, 11) is 0. The molecule has 0 aromatic carbocycles. The van der Waals surface area contributed by atoms with Gasteiger partial charge in [0.2, 0.25) is 0 Å². The van der Waals surface area contributed by atoms with E-state index >= 15 is 0 Å². The molecule has 0 aliphatic heterocycles. The van der Waals surface area contributed by atoms with Crippen molar-refractivity contribution in [1.82, 2.24) is 14.9 Å². The Labute approximate surface area is 112 Å². The fraction of sp³-hybridized carbons (Fsp3) is 0.500. The summed E-state index contributed by atoms with van der Waals surface area (Å²) in [5.41, 5.74) is 0. The third-order valence-electron chi connectivity index (χ3n) is 3.70. The highest BCUT2D eigenvalue weighted by atomic mass is 32.1. The van der Waals surface area contributed by atoms with E-state index < -0.39 is 0 Å². The molecule has 2 atom stereocenters. The quantitative estimate of drug-likeness (QED) is 0.915. The first-order valence-electron chi connectivity index (χ1n) is 6.68. The van der Waals surface area contributed by atoms with Gasteiger partial charge in [-0.05, 0) is 37.3 Å². The number of imidazole rings is 1. The summed E-state index contributed by atoms with van der Waals surface area (Å²) in [4.78, 5) is 5.80. The van der Waals surface area contributed by atoms with Gasteiger partial charge in [0.25, 0.3) is 0 Å². The predicted molar refractivity (Wildman–Crippen MR) is 75.9 cm³/mol. The second kappa shape index (κ2) is 5.24. The van der Waals surface area contributed by atoms with Crippen LogP contribution in [0.3, 0.4) is 0 Å². The van der Waals surface area contributed by atoms with E-state index in [0.29, 0.717) is 12.1 Å². The number of nitrogens with zero attached hydrogens (tertiary/aromatic N) is 2. The van der Waals surface area contributed by atoms with E-state index in [0.717, 1.165) is 12.4 Å². The highest BCUT2D eigenvalue weighted by Crippen LogP contribution is 2.34. The van der Waals surface area contributed by atoms with Crippen molar-refractivity contribution in [3.05, 3.63) is 29.9 Å². The van der Waals surface area contributed by atoms with Crippen LogP contribution in [0.1, 0.15) is 32.2 Å². The van der Waals surface area contributed by atoms with Crippen molar-refractivity contribution >= 4 is 11.3 Å². The standard InChI is InChI=1S/C14H19N3S/c1-2-15-11-5-6-12(10-11)17-8-7-16-14(17)13-4-3-9-18-13/h3-4,7-9,11-12,15H,2,5-6,10H2,1H3. The van der Waals surface area contributed by atoms with Gasteiger partial charge in [-0.2, -0.15) is 0 Å². The monoisotopic (exact) mass is 261 g/mol. The van der Waals surface area contributed by atoms with E-state index in [2.05, 4.69) is 45.5 Å². The van der Waals surface area contributed by atoms with Gasteiger partial charge >= 0.3 is 0 Å². The minimum Gasteiger partial charge on any atom is -0.327 e. The van der Waals surface area contributed by atoms with Crippen LogP contribution in [0.15, 0.2) is 29.9 Å². The normalized spacial score (nSPS) is 23.6. The van der Waals surface area contributed by atoms with Crippen molar-refractivity contribution in [3.8, 4) is 10.7 Å². The molecule has 0 saturated heterocycles. The third kappa shape index (κ3) is 2.22. The largest absolute Gasteiger partial charge is 0.327 e. The molecule has 3 nitrogen and oxygen atoms in total. The van der Waals surface area contributed by atoms with Gasteiger partial charge in [0.1, 0.15) is 5.82 Å². The molecule has 0 spiro atoms. The molecule has 18 heavy (non-hydrogen) atoms. The molecule has 2 aromatic rings. The maximum absolute atomic E-state index is 4.53. The first-order valence-corrected chi connectivity index (χ1v) is 7.56. The van der Waals surface area contributed by atoms with Crippen molar-refractivity contribution in [2.75, 3.05) is 6.54 Å². The van der Waals surface area contributed by atoms with Crippen LogP contribution in [0.2, 0.25) is 0 Å². The van der Waals surface area contributed by atoms with Gasteiger partial charge in [0.15, 0.2) is 0 Å². The lowest BCUT2D eigenvalue weighted by atomic mass is 10.2. The first kappa shape index (κ1) is 11.9. The van der Waals surface area contributed by atoms with Crippen LogP contribution in [-0.2, 0) is 0 Å². The summed E-state index contributed by atoms with van der Waals surface area (Å²) in [6.07, 6.45) is 7.82. The number of rotatable bonds is 4. The van der Waals surface area contributed by atoms with E-state index in [-0.39, 0.29) is 0 Å². The zero-order valence-electron chi connectivity index (χ0n) is 10.7. The number of aromatic nitrogens is 2. The van der Waals surface area contributed by atoms with Crippen molar-refractivity contribution in [1.29, 1.82) is 0 Å². The van der Waals surface area contributed by atoms with Crippen molar-refractivity contribution < 1.29 is 0 Å². The number of hydrogen-bond donors (Lipinski definition) is 1. The molecule has 1 aliphatic carbocycles. The van der Waals surface area contributed by atoms with Gasteiger partial charge in [-0.1, -0.05) is 13.0 Å². The SMILES string of the molecule is CCNC1CCC(n2ccnc2-c2cccs2)C1. The molecule has 1 fully saturated rings. The zero-order chi connectivity index (χ0) is 12.4. The maximum Gasteiger partial charge on any atom is 0.150 e. The molecule has 2 unspecified atom stereocenters. The Morgan fingerprint density at radius 1 is 1.50 bits per heavy atom. The molecule has 2 aromatic heterocycles. The smallest absolute Gasteiger partial charge is 0.150 e. The highest BCUT2D eigenvalue weighted by molar-refractivity contribution is 7.13. The Balaban J connectivity index is 1.80. The molecule has 96 valence electrons. The molecule has 0 amide bonds. The van der Waals surface area contributed by atoms with E-state index in [1.54, 1.807) is 11.3 Å². The number of nitrogens with one attached hydrogen (secondary N) is 1. The predicted octanol–water partition coefficient (Wildman–Crippen LogP) is 3.31. The summed E-state index contributed by atoms with van der Waals surface area (Å²) in [6, 6.07) is 5.53. The lowest BCUT2D eigenvalue weighted by Gasteiger charge is -2.15. The second-order valence-corrected chi connectivity index (χ2v) is 5.80. The van der Waals surface area contributed by atoms with Crippen LogP contribution in [0.4, 0.5) is 0 Å². The third-order valence-corrected chi connectivity index (χ3v) is 4.57. The molecular weight excluding hydrogens is 242 g/mol. The Bertz CT molecular complexity index is 489. The minimum atomic E-state index is 0.605. The van der Waals surface area contributed by atoms with Crippen molar-refractivity contribution in [2.24, 2.45) is 0 Å². The van der Waals surface area contributed by atoms with E-state index in [1.807, 2.05) is 6.20 Å². The Hall–Kier alpha value is -1.13. The number of hydrogen-bond acceptors (Lipinski definition) is 3. The van der Waals surface area contributed by atoms with Crippen LogP contribution < -0.4 is 5.32 Å². The van der Waals surface area contributed by atoms with Gasteiger partial charge in [-0.3, -0.25) is 0 Å². The van der Waals surface area contributed by atoms with Crippen LogP contribution in [0.5, 0.6) is 0 Å². The van der Waals surface area contributed by atoms with Gasteiger partial charge in [-0.25, -0.2) is 4.98 Å². The summed E-state index contributed by atoms with van der Waals surface area (Å²) < 4.78 is 2.36. The molecule has 1 aliphatic rings. The summed E-state index contributed by atoms with van der Waals surface area (Å²) in [5, 5.41) is 5.67. The van der Waals surface area contributed by atoms with Crippen LogP contribution >= 0.6 is 11.3 Å². The van der Waals surface area contributed by atoms with Gasteiger partial charge in [0.05, 0.1) is 4.88 Å². The molecule has 0 bridgehead atoms. The molecule has 0 radical (unpaired) electrons. The van der Waals surface area contributed by atoms with Crippen molar-refractivity contribution in [3.63, 3.8) is 0 Å². The van der Waals surface area contributed by atoms with Gasteiger partial charge < -0.3 is 9.88 Å². The Morgan fingerprint density at radius 3 is 3.22 bits per heavy atom. The lowest BCUT2D eigenvalue weighted by molar-refractivity contribution is 0.484. The summed E-state index contributed by atoms with van der Waals surface area (Å²) >= 11 is 1.77. The van der Waals surface area contributed by atoms with Crippen molar-refractivity contribution in [2.45, 2.75) is 38.3 Å². The molecule has 1 N–H and O–H groups in total. The Morgan fingerprint density at radius 2 is 2.44 bits per heavy atom. The molecular formula is C14H19N3S. The van der Waals surface area contributed by atoms with Gasteiger partial charge in [-0.15, -0.1) is 11.3 Å². The average Bonchev–Trinajstić information content (AvgIpc) is 3.10. The maximum atomic E-state index is 4.53. The molecule has 4 heteroatoms. The molecule has 3 rings (SSSR count). The highest BCUT2D eigenvalue weighted by Gasteiger charge is 2.26. The van der Waals surface area contributed by atoms with E-state index in [9.17, 15) is 0 Å². The second-order valence-electron chi connectivity index (χ2n) is 4.86. The van der Waals surface area contributed by atoms with Crippen LogP contribution in [0, 0.1) is 0 Å². The van der Waals surface area contributed by atoms with Crippen LogP contribution in [-0.4, -0.2) is 22.1 Å². The fourth-order valence-corrected chi connectivity index (χ4v) is 3.61. The minimum absolute atomic E-state index is 0.605. The van der Waals surface area contributed by atoms with Gasteiger partial charge in [0, 0.05) is 24.5 Å². The summed E-state index contributed by atoms with van der Waals surface area (Å²) in [6.45, 7) is 3.25.